The van der Waals surface area contributed by atoms with E-state index in [0.717, 1.165) is 12.0 Å². The number of nitrogens with one attached hydrogen (secondary N) is 1. The van der Waals surface area contributed by atoms with Crippen LogP contribution in [0.25, 0.3) is 0 Å². The van der Waals surface area contributed by atoms with Crippen molar-refractivity contribution in [3.63, 3.8) is 0 Å². The van der Waals surface area contributed by atoms with Crippen LogP contribution < -0.4 is 5.32 Å². The molecule has 2 heterocycles. The van der Waals surface area contributed by atoms with Crippen molar-refractivity contribution < 1.29 is 24.2 Å². The smallest absolute Gasteiger partial charge is 0.305 e. The first kappa shape index (κ1) is 27.1. The van der Waals surface area contributed by atoms with Gasteiger partial charge in [-0.3, -0.25) is 19.4 Å². The van der Waals surface area contributed by atoms with E-state index in [0.29, 0.717) is 59.4 Å². The third-order valence-electron chi connectivity index (χ3n) is 6.68. The molecule has 0 saturated carbocycles. The normalized spacial score (nSPS) is 17.5. The molecule has 1 unspecified atom stereocenters. The molecule has 2 aliphatic heterocycles. The number of hydrogen-bond acceptors (Lipinski definition) is 5. The molecule has 2 aromatic carbocycles. The lowest BCUT2D eigenvalue weighted by Crippen LogP contribution is -2.51. The number of hydrogen-bond donors (Lipinski definition) is 2. The van der Waals surface area contributed by atoms with Crippen molar-refractivity contribution in [3.8, 4) is 0 Å². The monoisotopic (exact) mass is 545 g/mol. The number of carbonyl (C=O) groups is 3. The SMILES string of the molecule is CCCC(c1ccc(C(=O)NCCC(=O)O)cc1)N1C(=O)C(c2cc(Cl)cc(Cl)c2)=NC12CCOCC2. The quantitative estimate of drug-likeness (QED) is 0.466. The van der Waals surface area contributed by atoms with Gasteiger partial charge in [0.15, 0.2) is 0 Å². The van der Waals surface area contributed by atoms with Crippen LogP contribution >= 0.6 is 23.2 Å². The second-order valence-electron chi connectivity index (χ2n) is 9.21. The van der Waals surface area contributed by atoms with Gasteiger partial charge in [0.2, 0.25) is 0 Å². The minimum Gasteiger partial charge on any atom is -0.481 e. The van der Waals surface area contributed by atoms with Gasteiger partial charge in [0, 0.05) is 40.6 Å². The first-order chi connectivity index (χ1) is 17.7. The molecule has 10 heteroatoms. The van der Waals surface area contributed by atoms with E-state index in [2.05, 4.69) is 12.2 Å². The third-order valence-corrected chi connectivity index (χ3v) is 7.11. The lowest BCUT2D eigenvalue weighted by Gasteiger charge is -2.43. The average molecular weight is 546 g/mol. The van der Waals surface area contributed by atoms with Crippen molar-refractivity contribution in [2.75, 3.05) is 19.8 Å². The fraction of sp³-hybridized carbons (Fsp3) is 0.407. The molecule has 1 saturated heterocycles. The average Bonchev–Trinajstić information content (AvgIpc) is 3.13. The van der Waals surface area contributed by atoms with Crippen molar-refractivity contribution in [2.45, 2.75) is 50.7 Å². The molecule has 1 fully saturated rings. The Hall–Kier alpha value is -2.94. The summed E-state index contributed by atoms with van der Waals surface area (Å²) < 4.78 is 5.62. The lowest BCUT2D eigenvalue weighted by molar-refractivity contribution is -0.137. The van der Waals surface area contributed by atoms with Gasteiger partial charge in [0.1, 0.15) is 11.4 Å². The van der Waals surface area contributed by atoms with E-state index in [4.69, 9.17) is 38.0 Å². The first-order valence-electron chi connectivity index (χ1n) is 12.3. The summed E-state index contributed by atoms with van der Waals surface area (Å²) in [6.45, 7) is 3.10. The number of aliphatic carboxylic acids is 1. The van der Waals surface area contributed by atoms with Gasteiger partial charge in [0.25, 0.3) is 11.8 Å². The second kappa shape index (κ2) is 11.6. The van der Waals surface area contributed by atoms with Crippen molar-refractivity contribution in [1.82, 2.24) is 10.2 Å². The van der Waals surface area contributed by atoms with E-state index in [1.807, 2.05) is 17.0 Å². The minimum atomic E-state index is -0.975. The van der Waals surface area contributed by atoms with Crippen LogP contribution in [-0.4, -0.2) is 58.9 Å². The number of aliphatic imine (C=N–C) groups is 1. The Labute approximate surface area is 225 Å². The molecule has 2 amide bonds. The van der Waals surface area contributed by atoms with Gasteiger partial charge < -0.3 is 20.1 Å². The van der Waals surface area contributed by atoms with Gasteiger partial charge in [-0.2, -0.15) is 0 Å². The molecule has 0 radical (unpaired) electrons. The highest BCUT2D eigenvalue weighted by atomic mass is 35.5. The Bertz CT molecular complexity index is 1190. The second-order valence-corrected chi connectivity index (χ2v) is 10.1. The van der Waals surface area contributed by atoms with Gasteiger partial charge in [-0.1, -0.05) is 48.7 Å². The predicted molar refractivity (Wildman–Crippen MR) is 141 cm³/mol. The van der Waals surface area contributed by atoms with Gasteiger partial charge in [-0.15, -0.1) is 0 Å². The topological polar surface area (TPSA) is 108 Å². The molecule has 4 rings (SSSR count). The molecule has 2 aromatic rings. The Morgan fingerprint density at radius 1 is 1.14 bits per heavy atom. The van der Waals surface area contributed by atoms with Gasteiger partial charge in [0.05, 0.1) is 25.7 Å². The summed E-state index contributed by atoms with van der Waals surface area (Å²) in [5.74, 6) is -1.51. The number of carboxylic acids is 1. The molecular formula is C27H29Cl2N3O5. The highest BCUT2D eigenvalue weighted by Gasteiger charge is 2.51. The molecule has 8 nitrogen and oxygen atoms in total. The molecular weight excluding hydrogens is 517 g/mol. The Balaban J connectivity index is 1.66. The largest absolute Gasteiger partial charge is 0.481 e. The molecule has 0 aromatic heterocycles. The van der Waals surface area contributed by atoms with E-state index in [1.165, 1.54) is 0 Å². The maximum Gasteiger partial charge on any atom is 0.305 e. The summed E-state index contributed by atoms with van der Waals surface area (Å²) in [5, 5.41) is 12.2. The molecule has 1 spiro atoms. The summed E-state index contributed by atoms with van der Waals surface area (Å²) in [6.07, 6.45) is 2.53. The number of halogens is 2. The summed E-state index contributed by atoms with van der Waals surface area (Å²) in [5.41, 5.74) is 1.49. The minimum absolute atomic E-state index is 0.0505. The van der Waals surface area contributed by atoms with Crippen molar-refractivity contribution in [3.05, 3.63) is 69.2 Å². The number of amides is 2. The zero-order valence-electron chi connectivity index (χ0n) is 20.5. The first-order valence-corrected chi connectivity index (χ1v) is 13.1. The van der Waals surface area contributed by atoms with Crippen LogP contribution in [0, 0.1) is 0 Å². The van der Waals surface area contributed by atoms with E-state index < -0.39 is 11.6 Å². The van der Waals surface area contributed by atoms with Crippen LogP contribution in [0.15, 0.2) is 47.5 Å². The molecule has 37 heavy (non-hydrogen) atoms. The molecule has 2 N–H and O–H groups in total. The molecule has 0 aliphatic carbocycles. The van der Waals surface area contributed by atoms with Crippen LogP contribution in [0.5, 0.6) is 0 Å². The van der Waals surface area contributed by atoms with Crippen molar-refractivity contribution >= 4 is 46.7 Å². The van der Waals surface area contributed by atoms with Crippen LogP contribution in [0.2, 0.25) is 10.0 Å². The highest BCUT2D eigenvalue weighted by Crippen LogP contribution is 2.43. The number of carboxylic acid groups (broad SMARTS) is 1. The number of nitrogens with zero attached hydrogens (tertiary/aromatic N) is 2. The van der Waals surface area contributed by atoms with E-state index in [1.54, 1.807) is 30.3 Å². The zero-order chi connectivity index (χ0) is 26.6. The molecule has 196 valence electrons. The number of ether oxygens (including phenoxy) is 1. The summed E-state index contributed by atoms with van der Waals surface area (Å²) in [7, 11) is 0. The van der Waals surface area contributed by atoms with Crippen LogP contribution in [0.4, 0.5) is 0 Å². The van der Waals surface area contributed by atoms with Crippen molar-refractivity contribution in [2.24, 2.45) is 4.99 Å². The van der Waals surface area contributed by atoms with E-state index >= 15 is 0 Å². The number of carbonyl (C=O) groups excluding carboxylic acids is 2. The van der Waals surface area contributed by atoms with Crippen LogP contribution in [0.1, 0.15) is 66.6 Å². The fourth-order valence-corrected chi connectivity index (χ4v) is 5.46. The van der Waals surface area contributed by atoms with E-state index in [-0.39, 0.29) is 30.8 Å². The van der Waals surface area contributed by atoms with Gasteiger partial charge >= 0.3 is 5.97 Å². The summed E-state index contributed by atoms with van der Waals surface area (Å²) >= 11 is 12.5. The summed E-state index contributed by atoms with van der Waals surface area (Å²) in [6, 6.07) is 11.8. The fourth-order valence-electron chi connectivity index (χ4n) is 4.93. The van der Waals surface area contributed by atoms with Gasteiger partial charge in [-0.05, 0) is 42.3 Å². The summed E-state index contributed by atoms with van der Waals surface area (Å²) in [4.78, 5) is 44.0. The standard InChI is InChI=1S/C27H29Cl2N3O5/c1-2-3-22(17-4-6-18(7-5-17)25(35)30-11-8-23(33)34)32-26(36)24(19-14-20(28)16-21(29)15-19)31-27(32)9-12-37-13-10-27/h4-7,14-16,22H,2-3,8-13H2,1H3,(H,30,35)(H,33,34). The maximum atomic E-state index is 14.0. The zero-order valence-corrected chi connectivity index (χ0v) is 22.0. The number of benzene rings is 2. The lowest BCUT2D eigenvalue weighted by atomic mass is 9.92. The van der Waals surface area contributed by atoms with Gasteiger partial charge in [-0.25, -0.2) is 0 Å². The third kappa shape index (κ3) is 5.98. The number of rotatable bonds is 9. The maximum absolute atomic E-state index is 14.0. The highest BCUT2D eigenvalue weighted by molar-refractivity contribution is 6.47. The molecule has 2 aliphatic rings. The van der Waals surface area contributed by atoms with E-state index in [9.17, 15) is 14.4 Å². The Morgan fingerprint density at radius 3 is 2.38 bits per heavy atom. The van der Waals surface area contributed by atoms with Crippen molar-refractivity contribution in [1.29, 1.82) is 0 Å². The van der Waals surface area contributed by atoms with Crippen LogP contribution in [-0.2, 0) is 14.3 Å². The Kier molecular flexibility index (Phi) is 8.52. The predicted octanol–water partition coefficient (Wildman–Crippen LogP) is 4.88. The molecule has 1 atom stereocenters. The van der Waals surface area contributed by atoms with Crippen LogP contribution in [0.3, 0.4) is 0 Å². The molecule has 0 bridgehead atoms. The Morgan fingerprint density at radius 2 is 1.78 bits per heavy atom.